The van der Waals surface area contributed by atoms with Crippen LogP contribution in [0.5, 0.6) is 5.75 Å². The highest BCUT2D eigenvalue weighted by Gasteiger charge is 2.57. The summed E-state index contributed by atoms with van der Waals surface area (Å²) < 4.78 is 6.29. The van der Waals surface area contributed by atoms with Gasteiger partial charge in [-0.2, -0.15) is 0 Å². The standard InChI is InChI=1S/C18H30O2Si/c1-17(2,3)21(19,18(4,5)6)20-16-12-11-14-9-7-8-10-15(14)13-16/h11-13,19H,7-10H2,1-6H3. The lowest BCUT2D eigenvalue weighted by atomic mass is 9.92. The highest BCUT2D eigenvalue weighted by atomic mass is 28.4. The Hall–Kier alpha value is -0.803. The molecule has 3 heteroatoms. The summed E-state index contributed by atoms with van der Waals surface area (Å²) in [5.41, 5.74) is 2.85. The zero-order chi connectivity index (χ0) is 15.9. The van der Waals surface area contributed by atoms with E-state index in [1.54, 1.807) is 0 Å². The molecule has 0 radical (unpaired) electrons. The Morgan fingerprint density at radius 2 is 1.43 bits per heavy atom. The van der Waals surface area contributed by atoms with Gasteiger partial charge in [0.1, 0.15) is 5.75 Å². The molecule has 0 spiro atoms. The largest absolute Gasteiger partial charge is 0.520 e. The first-order chi connectivity index (χ1) is 9.54. The topological polar surface area (TPSA) is 29.5 Å². The second-order valence-electron chi connectivity index (χ2n) is 8.38. The van der Waals surface area contributed by atoms with Gasteiger partial charge in [-0.15, -0.1) is 0 Å². The molecular weight excluding hydrogens is 276 g/mol. The molecule has 2 nitrogen and oxygen atoms in total. The number of aryl methyl sites for hydroxylation is 2. The zero-order valence-corrected chi connectivity index (χ0v) is 15.4. The lowest BCUT2D eigenvalue weighted by Crippen LogP contribution is -2.57. The molecule has 1 aliphatic rings. The number of fused-ring (bicyclic) bond motifs is 1. The molecule has 2 rings (SSSR count). The second-order valence-corrected chi connectivity index (χ2v) is 12.9. The maximum atomic E-state index is 11.4. The summed E-state index contributed by atoms with van der Waals surface area (Å²) in [6.07, 6.45) is 4.86. The molecular formula is C18H30O2Si. The number of benzene rings is 1. The van der Waals surface area contributed by atoms with Gasteiger partial charge in [-0.05, 0) is 48.9 Å². The maximum Gasteiger partial charge on any atom is 0.407 e. The third kappa shape index (κ3) is 3.19. The zero-order valence-electron chi connectivity index (χ0n) is 14.4. The first-order valence-electron chi connectivity index (χ1n) is 8.08. The predicted molar refractivity (Wildman–Crippen MR) is 91.1 cm³/mol. The fraction of sp³-hybridized carbons (Fsp3) is 0.667. The van der Waals surface area contributed by atoms with Crippen molar-refractivity contribution in [1.29, 1.82) is 0 Å². The van der Waals surface area contributed by atoms with Crippen LogP contribution in [0.3, 0.4) is 0 Å². The van der Waals surface area contributed by atoms with Crippen LogP contribution in [0.15, 0.2) is 18.2 Å². The average molecular weight is 307 g/mol. The molecule has 0 fully saturated rings. The van der Waals surface area contributed by atoms with E-state index >= 15 is 0 Å². The van der Waals surface area contributed by atoms with Gasteiger partial charge in [0.2, 0.25) is 0 Å². The minimum Gasteiger partial charge on any atom is -0.520 e. The third-order valence-corrected chi connectivity index (χ3v) is 9.22. The van der Waals surface area contributed by atoms with Crippen LogP contribution >= 0.6 is 0 Å². The van der Waals surface area contributed by atoms with Crippen molar-refractivity contribution in [2.24, 2.45) is 0 Å². The molecule has 0 heterocycles. The molecule has 0 unspecified atom stereocenters. The Morgan fingerprint density at radius 1 is 0.905 bits per heavy atom. The van der Waals surface area contributed by atoms with Crippen molar-refractivity contribution in [3.63, 3.8) is 0 Å². The van der Waals surface area contributed by atoms with Crippen LogP contribution < -0.4 is 4.43 Å². The van der Waals surface area contributed by atoms with Gasteiger partial charge in [-0.25, -0.2) is 0 Å². The molecule has 0 amide bonds. The number of rotatable bonds is 2. The summed E-state index contributed by atoms with van der Waals surface area (Å²) in [5.74, 6) is 0.842. The van der Waals surface area contributed by atoms with E-state index in [0.29, 0.717) is 0 Å². The molecule has 21 heavy (non-hydrogen) atoms. The first-order valence-corrected chi connectivity index (χ1v) is 9.93. The van der Waals surface area contributed by atoms with E-state index in [2.05, 4.69) is 53.7 Å². The van der Waals surface area contributed by atoms with Crippen LogP contribution in [0.1, 0.15) is 65.5 Å². The van der Waals surface area contributed by atoms with E-state index in [1.807, 2.05) is 6.07 Å². The van der Waals surface area contributed by atoms with Gasteiger partial charge < -0.3 is 9.22 Å². The van der Waals surface area contributed by atoms with Gasteiger partial charge in [0.05, 0.1) is 0 Å². The van der Waals surface area contributed by atoms with Crippen LogP contribution in [0.4, 0.5) is 0 Å². The Morgan fingerprint density at radius 3 is 1.95 bits per heavy atom. The molecule has 1 aromatic rings. The summed E-state index contributed by atoms with van der Waals surface area (Å²) in [5, 5.41) is -0.470. The first kappa shape index (κ1) is 16.6. The monoisotopic (exact) mass is 306 g/mol. The van der Waals surface area contributed by atoms with E-state index in [1.165, 1.54) is 30.4 Å². The van der Waals surface area contributed by atoms with Crippen LogP contribution in [-0.2, 0) is 12.8 Å². The highest BCUT2D eigenvalue weighted by molar-refractivity contribution is 6.72. The lowest BCUT2D eigenvalue weighted by molar-refractivity contribution is 0.283. The Labute approximate surface area is 130 Å². The minimum absolute atomic E-state index is 0.235. The maximum absolute atomic E-state index is 11.4. The molecule has 0 saturated heterocycles. The lowest BCUT2D eigenvalue weighted by Gasteiger charge is -2.45. The van der Waals surface area contributed by atoms with Crippen molar-refractivity contribution in [2.75, 3.05) is 0 Å². The van der Waals surface area contributed by atoms with Crippen molar-refractivity contribution >= 4 is 8.56 Å². The molecule has 1 aromatic carbocycles. The van der Waals surface area contributed by atoms with Crippen molar-refractivity contribution in [2.45, 2.75) is 77.3 Å². The molecule has 1 N–H and O–H groups in total. The third-order valence-electron chi connectivity index (χ3n) is 4.62. The Kier molecular flexibility index (Phi) is 4.29. The van der Waals surface area contributed by atoms with Gasteiger partial charge in [-0.1, -0.05) is 47.6 Å². The van der Waals surface area contributed by atoms with Crippen LogP contribution in [-0.4, -0.2) is 13.4 Å². The highest BCUT2D eigenvalue weighted by Crippen LogP contribution is 2.49. The van der Waals surface area contributed by atoms with Gasteiger partial charge in [0, 0.05) is 10.1 Å². The summed E-state index contributed by atoms with van der Waals surface area (Å²) in [4.78, 5) is 11.4. The fourth-order valence-corrected chi connectivity index (χ4v) is 6.71. The number of hydrogen-bond acceptors (Lipinski definition) is 2. The molecule has 1 aliphatic carbocycles. The quantitative estimate of drug-likeness (QED) is 0.781. The van der Waals surface area contributed by atoms with Crippen molar-refractivity contribution in [3.8, 4) is 5.75 Å². The predicted octanol–water partition coefficient (Wildman–Crippen LogP) is 4.98. The molecule has 0 saturated carbocycles. The second kappa shape index (κ2) is 5.44. The van der Waals surface area contributed by atoms with Gasteiger partial charge in [0.15, 0.2) is 0 Å². The van der Waals surface area contributed by atoms with Crippen molar-refractivity contribution in [1.82, 2.24) is 0 Å². The molecule has 0 bridgehead atoms. The van der Waals surface area contributed by atoms with Gasteiger partial charge in [-0.3, -0.25) is 0 Å². The smallest absolute Gasteiger partial charge is 0.407 e. The summed E-state index contributed by atoms with van der Waals surface area (Å²) in [6.45, 7) is 12.5. The van der Waals surface area contributed by atoms with E-state index in [-0.39, 0.29) is 10.1 Å². The minimum atomic E-state index is -2.94. The van der Waals surface area contributed by atoms with E-state index in [4.69, 9.17) is 4.43 Å². The van der Waals surface area contributed by atoms with Crippen LogP contribution in [0.2, 0.25) is 10.1 Å². The van der Waals surface area contributed by atoms with E-state index in [9.17, 15) is 4.80 Å². The van der Waals surface area contributed by atoms with E-state index in [0.717, 1.165) is 12.2 Å². The molecule has 0 aliphatic heterocycles. The summed E-state index contributed by atoms with van der Waals surface area (Å²) in [7, 11) is -2.94. The Bertz CT molecular complexity index is 495. The van der Waals surface area contributed by atoms with Gasteiger partial charge in [0.25, 0.3) is 0 Å². The van der Waals surface area contributed by atoms with Gasteiger partial charge >= 0.3 is 8.56 Å². The Balaban J connectivity index is 2.34. The van der Waals surface area contributed by atoms with Crippen LogP contribution in [0, 0.1) is 0 Å². The van der Waals surface area contributed by atoms with Crippen molar-refractivity contribution < 1.29 is 9.22 Å². The normalized spacial score (nSPS) is 16.5. The van der Waals surface area contributed by atoms with E-state index < -0.39 is 8.56 Å². The SMILES string of the molecule is CC(C)(C)[Si](O)(Oc1ccc2c(c1)CCCC2)C(C)(C)C. The molecule has 0 atom stereocenters. The summed E-state index contributed by atoms with van der Waals surface area (Å²) in [6, 6.07) is 6.38. The molecule has 0 aromatic heterocycles. The molecule has 118 valence electrons. The average Bonchev–Trinajstić information content (AvgIpc) is 2.36. The number of hydrogen-bond donors (Lipinski definition) is 1. The van der Waals surface area contributed by atoms with Crippen LogP contribution in [0.25, 0.3) is 0 Å². The fourth-order valence-electron chi connectivity index (χ4n) is 3.38. The summed E-state index contributed by atoms with van der Waals surface area (Å²) >= 11 is 0. The van der Waals surface area contributed by atoms with Crippen molar-refractivity contribution in [3.05, 3.63) is 29.3 Å².